The van der Waals surface area contributed by atoms with E-state index >= 15 is 0 Å². The number of carbonyl (C=O) groups is 1. The van der Waals surface area contributed by atoms with Crippen molar-refractivity contribution < 1.29 is 4.79 Å². The van der Waals surface area contributed by atoms with Gasteiger partial charge >= 0.3 is 0 Å². The van der Waals surface area contributed by atoms with Crippen LogP contribution in [0.5, 0.6) is 0 Å². The predicted molar refractivity (Wildman–Crippen MR) is 103 cm³/mol. The van der Waals surface area contributed by atoms with Crippen LogP contribution < -0.4 is 0 Å². The van der Waals surface area contributed by atoms with Crippen molar-refractivity contribution >= 4 is 17.5 Å². The van der Waals surface area contributed by atoms with Gasteiger partial charge in [-0.05, 0) is 55.7 Å². The number of carbonyl (C=O) groups excluding carboxylic acids is 1. The molecular formula is C22H26OS. The smallest absolute Gasteiger partial charge is 0.147 e. The highest BCUT2D eigenvalue weighted by atomic mass is 32.2. The van der Waals surface area contributed by atoms with E-state index in [4.69, 9.17) is 0 Å². The fourth-order valence-electron chi connectivity index (χ4n) is 3.81. The Morgan fingerprint density at radius 3 is 2.29 bits per heavy atom. The van der Waals surface area contributed by atoms with Gasteiger partial charge in [-0.3, -0.25) is 4.79 Å². The fraction of sp³-hybridized carbons (Fsp3) is 0.409. The normalized spacial score (nSPS) is 23.2. The first-order chi connectivity index (χ1) is 11.4. The third-order valence-corrected chi connectivity index (χ3v) is 7.12. The van der Waals surface area contributed by atoms with E-state index in [1.54, 1.807) is 11.8 Å². The molecule has 0 amide bonds. The summed E-state index contributed by atoms with van der Waals surface area (Å²) >= 11 is 1.79. The molecule has 2 aromatic rings. The van der Waals surface area contributed by atoms with Crippen LogP contribution in [-0.4, -0.2) is 11.0 Å². The Bertz CT molecular complexity index is 727. The minimum atomic E-state index is 0.0984. The Kier molecular flexibility index (Phi) is 4.87. The first-order valence-corrected chi connectivity index (χ1v) is 9.58. The first-order valence-electron chi connectivity index (χ1n) is 8.70. The van der Waals surface area contributed by atoms with Crippen molar-refractivity contribution in [1.29, 1.82) is 0 Å². The van der Waals surface area contributed by atoms with E-state index in [9.17, 15) is 4.79 Å². The number of benzene rings is 2. The van der Waals surface area contributed by atoms with Crippen LogP contribution >= 0.6 is 11.8 Å². The van der Waals surface area contributed by atoms with Crippen LogP contribution in [0.4, 0.5) is 0 Å². The summed E-state index contributed by atoms with van der Waals surface area (Å²) in [6.45, 7) is 8.74. The number of rotatable bonds is 5. The SMILES string of the molecule is Cc1cc(C)c(SC2C(=O)CC2(C)CCc2ccccc2)c(C)c1. The molecule has 1 nitrogen and oxygen atoms in total. The molecule has 1 saturated carbocycles. The molecule has 0 saturated heterocycles. The zero-order valence-electron chi connectivity index (χ0n) is 15.1. The van der Waals surface area contributed by atoms with Gasteiger partial charge in [0.2, 0.25) is 0 Å². The third-order valence-electron chi connectivity index (χ3n) is 5.17. The van der Waals surface area contributed by atoms with Gasteiger partial charge in [-0.2, -0.15) is 0 Å². The first kappa shape index (κ1) is 17.3. The maximum Gasteiger partial charge on any atom is 0.147 e. The Hall–Kier alpha value is -1.54. The number of thioether (sulfide) groups is 1. The molecule has 0 aromatic heterocycles. The lowest BCUT2D eigenvalue weighted by atomic mass is 9.66. The Balaban J connectivity index is 1.74. The van der Waals surface area contributed by atoms with E-state index in [2.05, 4.69) is 70.2 Å². The number of aryl methyl sites for hydroxylation is 4. The molecule has 126 valence electrons. The number of ketones is 1. The molecular weight excluding hydrogens is 312 g/mol. The average molecular weight is 339 g/mol. The molecule has 2 aromatic carbocycles. The lowest BCUT2D eigenvalue weighted by Gasteiger charge is -2.45. The highest BCUT2D eigenvalue weighted by Crippen LogP contribution is 2.51. The van der Waals surface area contributed by atoms with E-state index in [1.165, 1.54) is 27.1 Å². The topological polar surface area (TPSA) is 17.1 Å². The summed E-state index contributed by atoms with van der Waals surface area (Å²) in [5, 5.41) is 0.0984. The van der Waals surface area contributed by atoms with Crippen molar-refractivity contribution in [2.24, 2.45) is 5.41 Å². The maximum atomic E-state index is 12.3. The summed E-state index contributed by atoms with van der Waals surface area (Å²) < 4.78 is 0. The van der Waals surface area contributed by atoms with Crippen molar-refractivity contribution in [3.8, 4) is 0 Å². The van der Waals surface area contributed by atoms with Gasteiger partial charge < -0.3 is 0 Å². The molecule has 0 heterocycles. The van der Waals surface area contributed by atoms with Crippen LogP contribution in [0, 0.1) is 26.2 Å². The minimum Gasteiger partial charge on any atom is -0.298 e. The quantitative estimate of drug-likeness (QED) is 0.697. The van der Waals surface area contributed by atoms with Crippen molar-refractivity contribution in [3.05, 3.63) is 64.7 Å². The van der Waals surface area contributed by atoms with Gasteiger partial charge in [0.05, 0.1) is 5.25 Å². The Morgan fingerprint density at radius 1 is 1.08 bits per heavy atom. The van der Waals surface area contributed by atoms with E-state index < -0.39 is 0 Å². The summed E-state index contributed by atoms with van der Waals surface area (Å²) in [4.78, 5) is 13.6. The molecule has 2 atom stereocenters. The molecule has 0 bridgehead atoms. The monoisotopic (exact) mass is 338 g/mol. The number of hydrogen-bond acceptors (Lipinski definition) is 2. The van der Waals surface area contributed by atoms with E-state index in [1.807, 2.05) is 0 Å². The van der Waals surface area contributed by atoms with Gasteiger partial charge in [0.1, 0.15) is 5.78 Å². The molecule has 1 aliphatic carbocycles. The van der Waals surface area contributed by atoms with Crippen LogP contribution in [0.3, 0.4) is 0 Å². The van der Waals surface area contributed by atoms with Crippen LogP contribution in [0.2, 0.25) is 0 Å². The molecule has 0 spiro atoms. The molecule has 0 aliphatic heterocycles. The van der Waals surface area contributed by atoms with E-state index in [-0.39, 0.29) is 10.7 Å². The van der Waals surface area contributed by atoms with E-state index in [0.29, 0.717) is 5.78 Å². The maximum absolute atomic E-state index is 12.3. The molecule has 3 rings (SSSR count). The lowest BCUT2D eigenvalue weighted by molar-refractivity contribution is -0.130. The Labute approximate surface area is 149 Å². The summed E-state index contributed by atoms with van der Waals surface area (Å²) in [6, 6.07) is 15.0. The van der Waals surface area contributed by atoms with Gasteiger partial charge in [0, 0.05) is 11.3 Å². The van der Waals surface area contributed by atoms with Gasteiger partial charge in [-0.25, -0.2) is 0 Å². The summed E-state index contributed by atoms with van der Waals surface area (Å²) in [7, 11) is 0. The zero-order chi connectivity index (χ0) is 17.3. The molecule has 0 N–H and O–H groups in total. The van der Waals surface area contributed by atoms with Gasteiger partial charge in [0.15, 0.2) is 0 Å². The van der Waals surface area contributed by atoms with Crippen molar-refractivity contribution in [1.82, 2.24) is 0 Å². The summed E-state index contributed by atoms with van der Waals surface area (Å²) in [5.41, 5.74) is 5.36. The highest BCUT2D eigenvalue weighted by molar-refractivity contribution is 8.00. The fourth-order valence-corrected chi connectivity index (χ4v) is 5.24. The number of Topliss-reactive ketones (excluding diaryl/α,β-unsaturated/α-hetero) is 1. The number of hydrogen-bond donors (Lipinski definition) is 0. The van der Waals surface area contributed by atoms with Gasteiger partial charge in [-0.15, -0.1) is 11.8 Å². The molecule has 1 aliphatic rings. The largest absolute Gasteiger partial charge is 0.298 e. The molecule has 2 unspecified atom stereocenters. The standard InChI is InChI=1S/C22H26OS/c1-15-12-16(2)20(17(3)13-15)24-21-19(23)14-22(21,4)11-10-18-8-6-5-7-9-18/h5-9,12-13,21H,10-11,14H2,1-4H3. The molecule has 1 fully saturated rings. The predicted octanol–water partition coefficient (Wildman–Crippen LogP) is 5.68. The second-order valence-corrected chi connectivity index (χ2v) is 8.62. The third kappa shape index (κ3) is 3.44. The average Bonchev–Trinajstić information content (AvgIpc) is 2.52. The summed E-state index contributed by atoms with van der Waals surface area (Å²) in [5.74, 6) is 0.412. The zero-order valence-corrected chi connectivity index (χ0v) is 15.9. The van der Waals surface area contributed by atoms with E-state index in [0.717, 1.165) is 19.3 Å². The lowest BCUT2D eigenvalue weighted by Crippen LogP contribution is -2.49. The van der Waals surface area contributed by atoms with Crippen molar-refractivity contribution in [2.75, 3.05) is 0 Å². The Morgan fingerprint density at radius 2 is 1.71 bits per heavy atom. The van der Waals surface area contributed by atoms with Gasteiger partial charge in [-0.1, -0.05) is 55.0 Å². The van der Waals surface area contributed by atoms with Crippen LogP contribution in [-0.2, 0) is 11.2 Å². The molecule has 2 heteroatoms. The second-order valence-electron chi connectivity index (χ2n) is 7.51. The molecule has 24 heavy (non-hydrogen) atoms. The highest BCUT2D eigenvalue weighted by Gasteiger charge is 2.50. The van der Waals surface area contributed by atoms with Crippen LogP contribution in [0.25, 0.3) is 0 Å². The minimum absolute atomic E-state index is 0.0984. The summed E-state index contributed by atoms with van der Waals surface area (Å²) in [6.07, 6.45) is 2.85. The molecule has 0 radical (unpaired) electrons. The van der Waals surface area contributed by atoms with Crippen LogP contribution in [0.1, 0.15) is 42.0 Å². The second kappa shape index (κ2) is 6.76. The van der Waals surface area contributed by atoms with Crippen LogP contribution in [0.15, 0.2) is 47.4 Å². The van der Waals surface area contributed by atoms with Gasteiger partial charge in [0.25, 0.3) is 0 Å². The van der Waals surface area contributed by atoms with Crippen molar-refractivity contribution in [2.45, 2.75) is 57.1 Å². The van der Waals surface area contributed by atoms with Crippen molar-refractivity contribution in [3.63, 3.8) is 0 Å².